The summed E-state index contributed by atoms with van der Waals surface area (Å²) in [5.41, 5.74) is 10.7. The highest BCUT2D eigenvalue weighted by Crippen LogP contribution is 2.40. The van der Waals surface area contributed by atoms with Crippen LogP contribution in [0.25, 0.3) is 11.1 Å². The van der Waals surface area contributed by atoms with Crippen LogP contribution in [-0.2, 0) is 4.79 Å². The van der Waals surface area contributed by atoms with E-state index in [9.17, 15) is 4.79 Å². The van der Waals surface area contributed by atoms with Gasteiger partial charge in [-0.25, -0.2) is 4.98 Å². The van der Waals surface area contributed by atoms with Gasteiger partial charge in [0.25, 0.3) is 5.91 Å². The summed E-state index contributed by atoms with van der Waals surface area (Å²) in [7, 11) is 0. The van der Waals surface area contributed by atoms with E-state index >= 15 is 0 Å². The number of allylic oxidation sites excluding steroid dienone is 2. The summed E-state index contributed by atoms with van der Waals surface area (Å²) in [6, 6.07) is 12.2. The van der Waals surface area contributed by atoms with Crippen LogP contribution >= 0.6 is 0 Å². The molecule has 138 valence electrons. The molecule has 1 amide bonds. The molecule has 1 unspecified atom stereocenters. The van der Waals surface area contributed by atoms with Crippen LogP contribution < -0.4 is 15.4 Å². The molecule has 1 aromatic carbocycles. The number of benzene rings is 1. The number of hydrogen-bond acceptors (Lipinski definition) is 4. The smallest absolute Gasteiger partial charge is 0.265 e. The number of hydrogen-bond donors (Lipinski definition) is 1. The average Bonchev–Trinajstić information content (AvgIpc) is 2.73. The fourth-order valence-corrected chi connectivity index (χ4v) is 3.64. The lowest BCUT2D eigenvalue weighted by Crippen LogP contribution is -2.39. The Balaban J connectivity index is 1.84. The Kier molecular flexibility index (Phi) is 4.77. The number of amides is 1. The van der Waals surface area contributed by atoms with Crippen LogP contribution in [0.4, 0.5) is 5.69 Å². The molecule has 0 saturated heterocycles. The topological polar surface area (TPSA) is 68.5 Å². The maximum Gasteiger partial charge on any atom is 0.265 e. The van der Waals surface area contributed by atoms with Crippen molar-refractivity contribution in [1.29, 1.82) is 0 Å². The van der Waals surface area contributed by atoms with E-state index in [1.165, 1.54) is 0 Å². The molecule has 2 aliphatic rings. The molecule has 1 atom stereocenters. The summed E-state index contributed by atoms with van der Waals surface area (Å²) in [4.78, 5) is 18.8. The number of carbonyl (C=O) groups excluding carboxylic acids is 1. The second-order valence-electron chi connectivity index (χ2n) is 6.72. The lowest BCUT2D eigenvalue weighted by atomic mass is 9.88. The van der Waals surface area contributed by atoms with Crippen molar-refractivity contribution in [3.05, 3.63) is 65.9 Å². The van der Waals surface area contributed by atoms with E-state index in [-0.39, 0.29) is 18.4 Å². The van der Waals surface area contributed by atoms with Gasteiger partial charge >= 0.3 is 0 Å². The molecule has 1 aliphatic heterocycles. The fourth-order valence-electron chi connectivity index (χ4n) is 3.64. The molecule has 4 rings (SSSR count). The molecule has 0 radical (unpaired) electrons. The molecule has 0 saturated carbocycles. The van der Waals surface area contributed by atoms with Crippen LogP contribution in [0.2, 0.25) is 0 Å². The number of anilines is 1. The van der Waals surface area contributed by atoms with E-state index in [0.29, 0.717) is 19.0 Å². The van der Waals surface area contributed by atoms with Gasteiger partial charge in [0.2, 0.25) is 5.88 Å². The zero-order chi connectivity index (χ0) is 18.8. The maximum absolute atomic E-state index is 12.2. The number of rotatable bonds is 4. The molecule has 2 N–H and O–H groups in total. The highest BCUT2D eigenvalue weighted by molar-refractivity contribution is 5.98. The number of pyridine rings is 1. The second-order valence-corrected chi connectivity index (χ2v) is 6.72. The summed E-state index contributed by atoms with van der Waals surface area (Å²) in [5.74, 6) is 0.650. The third-order valence-corrected chi connectivity index (χ3v) is 5.09. The molecule has 2 aromatic rings. The molecule has 2 heterocycles. The third-order valence-electron chi connectivity index (χ3n) is 5.09. The number of aromatic nitrogens is 1. The van der Waals surface area contributed by atoms with Crippen LogP contribution in [0, 0.1) is 0 Å². The number of likely N-dealkylation sites (N-methyl/N-ethyl adjacent to an activating group) is 1. The van der Waals surface area contributed by atoms with Gasteiger partial charge < -0.3 is 15.4 Å². The van der Waals surface area contributed by atoms with E-state index in [1.54, 1.807) is 4.90 Å². The van der Waals surface area contributed by atoms with Crippen LogP contribution in [0.1, 0.15) is 25.0 Å². The average molecular weight is 361 g/mol. The highest BCUT2D eigenvalue weighted by Gasteiger charge is 2.29. The van der Waals surface area contributed by atoms with Crippen LogP contribution in [0.15, 0.2) is 60.2 Å². The van der Waals surface area contributed by atoms with Crippen LogP contribution in [0.5, 0.6) is 5.88 Å². The standard InChI is InChI=1S/C22H23N3O2/c1-2-25-19-12-18(16-6-4-3-5-7-16)21(24-22(19)27-14-20(25)26)17-10-8-15(13-23)9-11-17/h3-10,12,17H,2,11,13-14,23H2,1H3. The van der Waals surface area contributed by atoms with Crippen LogP contribution in [0.3, 0.4) is 0 Å². The minimum atomic E-state index is -0.0355. The molecule has 0 spiro atoms. The number of fused-ring (bicyclic) bond motifs is 1. The summed E-state index contributed by atoms with van der Waals surface area (Å²) in [6.45, 7) is 3.14. The SMILES string of the molecule is CCN1C(=O)COc2nc(C3C=CC(CN)=CC3)c(-c3ccccc3)cc21. The first-order valence-corrected chi connectivity index (χ1v) is 9.32. The second kappa shape index (κ2) is 7.37. The summed E-state index contributed by atoms with van der Waals surface area (Å²) in [5, 5.41) is 0. The van der Waals surface area contributed by atoms with E-state index < -0.39 is 0 Å². The van der Waals surface area contributed by atoms with Crippen molar-refractivity contribution in [2.75, 3.05) is 24.6 Å². The van der Waals surface area contributed by atoms with Crippen molar-refractivity contribution in [3.8, 4) is 17.0 Å². The predicted octanol–water partition coefficient (Wildman–Crippen LogP) is 3.42. The Labute approximate surface area is 159 Å². The molecule has 5 heteroatoms. The minimum Gasteiger partial charge on any atom is -0.466 e. The Morgan fingerprint density at radius 1 is 1.30 bits per heavy atom. The zero-order valence-electron chi connectivity index (χ0n) is 15.4. The Morgan fingerprint density at radius 3 is 2.78 bits per heavy atom. The molecular weight excluding hydrogens is 338 g/mol. The Morgan fingerprint density at radius 2 is 2.11 bits per heavy atom. The van der Waals surface area contributed by atoms with Gasteiger partial charge in [0.05, 0.1) is 5.69 Å². The van der Waals surface area contributed by atoms with E-state index in [4.69, 9.17) is 15.5 Å². The van der Waals surface area contributed by atoms with Gasteiger partial charge in [0.1, 0.15) is 5.69 Å². The van der Waals surface area contributed by atoms with E-state index in [0.717, 1.165) is 34.5 Å². The number of nitrogens with zero attached hydrogens (tertiary/aromatic N) is 2. The number of carbonyl (C=O) groups is 1. The van der Waals surface area contributed by atoms with Crippen molar-refractivity contribution < 1.29 is 9.53 Å². The van der Waals surface area contributed by atoms with Crippen LogP contribution in [-0.4, -0.2) is 30.6 Å². The monoisotopic (exact) mass is 361 g/mol. The fraction of sp³-hybridized carbons (Fsp3) is 0.273. The predicted molar refractivity (Wildman–Crippen MR) is 107 cm³/mol. The largest absolute Gasteiger partial charge is 0.466 e. The van der Waals surface area contributed by atoms with Gasteiger partial charge in [0.15, 0.2) is 6.61 Å². The lowest BCUT2D eigenvalue weighted by molar-refractivity contribution is -0.121. The van der Waals surface area contributed by atoms with Crippen molar-refractivity contribution in [2.45, 2.75) is 19.3 Å². The van der Waals surface area contributed by atoms with Gasteiger partial charge in [-0.1, -0.05) is 48.6 Å². The van der Waals surface area contributed by atoms with Gasteiger partial charge in [-0.3, -0.25) is 4.79 Å². The number of nitrogens with two attached hydrogens (primary N) is 1. The van der Waals surface area contributed by atoms with Gasteiger partial charge in [-0.2, -0.15) is 0 Å². The van der Waals surface area contributed by atoms with E-state index in [2.05, 4.69) is 30.4 Å². The quantitative estimate of drug-likeness (QED) is 0.906. The molecular formula is C22H23N3O2. The Hall–Kier alpha value is -2.92. The first kappa shape index (κ1) is 17.5. The highest BCUT2D eigenvalue weighted by atomic mass is 16.5. The van der Waals surface area contributed by atoms with Crippen molar-refractivity contribution in [2.24, 2.45) is 5.73 Å². The van der Waals surface area contributed by atoms with Crippen molar-refractivity contribution in [1.82, 2.24) is 4.98 Å². The van der Waals surface area contributed by atoms with Crippen molar-refractivity contribution >= 4 is 11.6 Å². The first-order chi connectivity index (χ1) is 13.2. The van der Waals surface area contributed by atoms with Gasteiger partial charge in [-0.15, -0.1) is 0 Å². The molecule has 1 aromatic heterocycles. The molecule has 0 fully saturated rings. The lowest BCUT2D eigenvalue weighted by Gasteiger charge is -2.30. The first-order valence-electron chi connectivity index (χ1n) is 9.32. The van der Waals surface area contributed by atoms with E-state index in [1.807, 2.05) is 31.2 Å². The summed E-state index contributed by atoms with van der Waals surface area (Å²) in [6.07, 6.45) is 7.26. The molecule has 27 heavy (non-hydrogen) atoms. The summed E-state index contributed by atoms with van der Waals surface area (Å²) >= 11 is 0. The molecule has 0 bridgehead atoms. The van der Waals surface area contributed by atoms with Gasteiger partial charge in [0, 0.05) is 24.6 Å². The Bertz CT molecular complexity index is 919. The minimum absolute atomic E-state index is 0.0355. The number of ether oxygens (including phenoxy) is 1. The van der Waals surface area contributed by atoms with Crippen molar-refractivity contribution in [3.63, 3.8) is 0 Å². The normalized spacial score (nSPS) is 18.7. The summed E-state index contributed by atoms with van der Waals surface area (Å²) < 4.78 is 5.67. The molecule has 5 nitrogen and oxygen atoms in total. The third kappa shape index (κ3) is 3.26. The zero-order valence-corrected chi connectivity index (χ0v) is 15.4. The molecule has 1 aliphatic carbocycles. The maximum atomic E-state index is 12.2. The van der Waals surface area contributed by atoms with Gasteiger partial charge in [-0.05, 0) is 30.5 Å².